The maximum atomic E-state index is 12.0. The Morgan fingerprint density at radius 3 is 2.40 bits per heavy atom. The Hall–Kier alpha value is -1.55. The van der Waals surface area contributed by atoms with Crippen LogP contribution in [0.15, 0.2) is 24.3 Å². The molecular formula is C16H22N2O2. The molecule has 1 aliphatic heterocycles. The van der Waals surface area contributed by atoms with Gasteiger partial charge in [0.15, 0.2) is 0 Å². The normalized spacial score (nSPS) is 26.4. The Bertz CT molecular complexity index is 478. The maximum absolute atomic E-state index is 12.0. The van der Waals surface area contributed by atoms with Crippen LogP contribution >= 0.6 is 0 Å². The zero-order valence-corrected chi connectivity index (χ0v) is 11.9. The molecule has 4 nitrogen and oxygen atoms in total. The molecular weight excluding hydrogens is 252 g/mol. The molecule has 20 heavy (non-hydrogen) atoms. The number of benzene rings is 1. The van der Waals surface area contributed by atoms with Gasteiger partial charge in [-0.3, -0.25) is 4.79 Å². The Labute approximate surface area is 119 Å². The van der Waals surface area contributed by atoms with Crippen LogP contribution in [0.5, 0.6) is 0 Å². The molecule has 1 aromatic carbocycles. The van der Waals surface area contributed by atoms with Crippen LogP contribution < -0.4 is 10.2 Å². The highest BCUT2D eigenvalue weighted by Crippen LogP contribution is 2.29. The second kappa shape index (κ2) is 5.44. The van der Waals surface area contributed by atoms with Gasteiger partial charge in [0.1, 0.15) is 0 Å². The van der Waals surface area contributed by atoms with Crippen LogP contribution in [0.4, 0.5) is 5.69 Å². The van der Waals surface area contributed by atoms with Crippen molar-refractivity contribution in [1.29, 1.82) is 0 Å². The molecule has 0 spiro atoms. The standard InChI is InChI=1S/C16H22N2O2/c1-11-10-15(11)17-16(20)12-2-4-13(5-3-12)18-8-6-14(19)7-9-18/h2-5,11,14-15,19H,6-10H2,1H3,(H,17,20). The highest BCUT2D eigenvalue weighted by Gasteiger charge is 2.33. The number of hydrogen-bond acceptors (Lipinski definition) is 3. The molecule has 108 valence electrons. The summed E-state index contributed by atoms with van der Waals surface area (Å²) in [5, 5.41) is 12.6. The summed E-state index contributed by atoms with van der Waals surface area (Å²) >= 11 is 0. The molecule has 2 unspecified atom stereocenters. The number of anilines is 1. The lowest BCUT2D eigenvalue weighted by Crippen LogP contribution is -2.35. The predicted octanol–water partition coefficient (Wildman–Crippen LogP) is 1.79. The van der Waals surface area contributed by atoms with E-state index in [9.17, 15) is 9.90 Å². The molecule has 0 aromatic heterocycles. The lowest BCUT2D eigenvalue weighted by Gasteiger charge is -2.31. The minimum absolute atomic E-state index is 0.0277. The minimum Gasteiger partial charge on any atom is -0.393 e. The zero-order chi connectivity index (χ0) is 14.1. The number of carbonyl (C=O) groups excluding carboxylic acids is 1. The van der Waals surface area contributed by atoms with E-state index < -0.39 is 0 Å². The molecule has 2 fully saturated rings. The molecule has 1 aromatic rings. The average Bonchev–Trinajstić information content (AvgIpc) is 3.15. The van der Waals surface area contributed by atoms with Crippen LogP contribution in [0, 0.1) is 5.92 Å². The van der Waals surface area contributed by atoms with E-state index >= 15 is 0 Å². The Kier molecular flexibility index (Phi) is 3.66. The number of aliphatic hydroxyl groups excluding tert-OH is 1. The van der Waals surface area contributed by atoms with Gasteiger partial charge in [-0.25, -0.2) is 0 Å². The third-order valence-electron chi connectivity index (χ3n) is 4.39. The van der Waals surface area contributed by atoms with Crippen molar-refractivity contribution in [2.75, 3.05) is 18.0 Å². The second-order valence-corrected chi connectivity index (χ2v) is 6.06. The molecule has 2 atom stereocenters. The maximum Gasteiger partial charge on any atom is 0.251 e. The van der Waals surface area contributed by atoms with E-state index in [4.69, 9.17) is 0 Å². The smallest absolute Gasteiger partial charge is 0.251 e. The monoisotopic (exact) mass is 274 g/mol. The van der Waals surface area contributed by atoms with Crippen molar-refractivity contribution in [3.05, 3.63) is 29.8 Å². The van der Waals surface area contributed by atoms with E-state index in [1.807, 2.05) is 24.3 Å². The van der Waals surface area contributed by atoms with Gasteiger partial charge < -0.3 is 15.3 Å². The fraction of sp³-hybridized carbons (Fsp3) is 0.562. The highest BCUT2D eigenvalue weighted by atomic mass is 16.3. The van der Waals surface area contributed by atoms with Crippen molar-refractivity contribution in [3.63, 3.8) is 0 Å². The molecule has 3 rings (SSSR count). The summed E-state index contributed by atoms with van der Waals surface area (Å²) in [6.45, 7) is 3.91. The molecule has 0 bridgehead atoms. The van der Waals surface area contributed by atoms with Gasteiger partial charge >= 0.3 is 0 Å². The van der Waals surface area contributed by atoms with Gasteiger partial charge in [-0.05, 0) is 49.4 Å². The first-order chi connectivity index (χ1) is 9.63. The molecule has 4 heteroatoms. The number of nitrogens with one attached hydrogen (secondary N) is 1. The first-order valence-electron chi connectivity index (χ1n) is 7.47. The van der Waals surface area contributed by atoms with Crippen LogP contribution in [0.3, 0.4) is 0 Å². The lowest BCUT2D eigenvalue weighted by molar-refractivity contribution is 0.0949. The van der Waals surface area contributed by atoms with Gasteiger partial charge in [0.05, 0.1) is 6.10 Å². The van der Waals surface area contributed by atoms with Crippen LogP contribution in [0.25, 0.3) is 0 Å². The number of rotatable bonds is 3. The van der Waals surface area contributed by atoms with Crippen LogP contribution in [0.1, 0.15) is 36.5 Å². The molecule has 1 heterocycles. The van der Waals surface area contributed by atoms with E-state index in [-0.39, 0.29) is 12.0 Å². The van der Waals surface area contributed by atoms with Gasteiger partial charge in [-0.1, -0.05) is 6.92 Å². The number of piperidine rings is 1. The largest absolute Gasteiger partial charge is 0.393 e. The molecule has 0 radical (unpaired) electrons. The fourth-order valence-electron chi connectivity index (χ4n) is 2.72. The van der Waals surface area contributed by atoms with Crippen molar-refractivity contribution in [3.8, 4) is 0 Å². The van der Waals surface area contributed by atoms with Crippen molar-refractivity contribution in [1.82, 2.24) is 5.32 Å². The zero-order valence-electron chi connectivity index (χ0n) is 11.9. The molecule has 1 amide bonds. The number of nitrogens with zero attached hydrogens (tertiary/aromatic N) is 1. The SMILES string of the molecule is CC1CC1NC(=O)c1ccc(N2CCC(O)CC2)cc1. The first-order valence-corrected chi connectivity index (χ1v) is 7.47. The van der Waals surface area contributed by atoms with Gasteiger partial charge in [-0.2, -0.15) is 0 Å². The number of hydrogen-bond donors (Lipinski definition) is 2. The number of amides is 1. The van der Waals surface area contributed by atoms with E-state index in [1.54, 1.807) is 0 Å². The highest BCUT2D eigenvalue weighted by molar-refractivity contribution is 5.94. The van der Waals surface area contributed by atoms with Gasteiger partial charge in [0.2, 0.25) is 0 Å². The van der Waals surface area contributed by atoms with E-state index in [2.05, 4.69) is 17.1 Å². The van der Waals surface area contributed by atoms with Crippen molar-refractivity contribution >= 4 is 11.6 Å². The van der Waals surface area contributed by atoms with E-state index in [1.165, 1.54) is 0 Å². The molecule has 1 aliphatic carbocycles. The number of aliphatic hydroxyl groups is 1. The average molecular weight is 274 g/mol. The van der Waals surface area contributed by atoms with Crippen LogP contribution in [-0.4, -0.2) is 36.2 Å². The fourth-order valence-corrected chi connectivity index (χ4v) is 2.72. The summed E-state index contributed by atoms with van der Waals surface area (Å²) in [4.78, 5) is 14.3. The molecule has 2 N–H and O–H groups in total. The lowest BCUT2D eigenvalue weighted by atomic mass is 10.1. The summed E-state index contributed by atoms with van der Waals surface area (Å²) < 4.78 is 0. The third kappa shape index (κ3) is 2.96. The predicted molar refractivity (Wildman–Crippen MR) is 78.9 cm³/mol. The van der Waals surface area contributed by atoms with Crippen molar-refractivity contribution in [2.24, 2.45) is 5.92 Å². The number of carbonyl (C=O) groups is 1. The Morgan fingerprint density at radius 2 is 1.85 bits per heavy atom. The Morgan fingerprint density at radius 1 is 1.25 bits per heavy atom. The van der Waals surface area contributed by atoms with E-state index in [0.29, 0.717) is 12.0 Å². The summed E-state index contributed by atoms with van der Waals surface area (Å²) in [6.07, 6.45) is 2.58. The summed E-state index contributed by atoms with van der Waals surface area (Å²) in [5.74, 6) is 0.651. The van der Waals surface area contributed by atoms with Gasteiger partial charge in [0, 0.05) is 30.4 Å². The Balaban J connectivity index is 1.60. The second-order valence-electron chi connectivity index (χ2n) is 6.06. The van der Waals surface area contributed by atoms with Crippen LogP contribution in [-0.2, 0) is 0 Å². The first kappa shape index (κ1) is 13.4. The van der Waals surface area contributed by atoms with E-state index in [0.717, 1.165) is 43.6 Å². The summed E-state index contributed by atoms with van der Waals surface area (Å²) in [6, 6.07) is 8.16. The summed E-state index contributed by atoms with van der Waals surface area (Å²) in [5.41, 5.74) is 1.86. The molecule has 1 saturated carbocycles. The third-order valence-corrected chi connectivity index (χ3v) is 4.39. The summed E-state index contributed by atoms with van der Waals surface area (Å²) in [7, 11) is 0. The van der Waals surface area contributed by atoms with Crippen molar-refractivity contribution in [2.45, 2.75) is 38.3 Å². The van der Waals surface area contributed by atoms with Crippen molar-refractivity contribution < 1.29 is 9.90 Å². The topological polar surface area (TPSA) is 52.6 Å². The molecule has 2 aliphatic rings. The van der Waals surface area contributed by atoms with Gasteiger partial charge in [-0.15, -0.1) is 0 Å². The molecule has 1 saturated heterocycles. The minimum atomic E-state index is -0.156. The quantitative estimate of drug-likeness (QED) is 0.883. The van der Waals surface area contributed by atoms with Crippen LogP contribution in [0.2, 0.25) is 0 Å². The van der Waals surface area contributed by atoms with Gasteiger partial charge in [0.25, 0.3) is 5.91 Å².